The second kappa shape index (κ2) is 4.75. The number of nitrogens with one attached hydrogen (secondary N) is 1. The Bertz CT molecular complexity index is 275. The minimum absolute atomic E-state index is 0.399. The molecule has 3 aliphatic rings. The van der Waals surface area contributed by atoms with Gasteiger partial charge in [-0.25, -0.2) is 0 Å². The van der Waals surface area contributed by atoms with Gasteiger partial charge in [0, 0.05) is 10.8 Å². The summed E-state index contributed by atoms with van der Waals surface area (Å²) < 4.78 is 0.399. The molecule has 2 bridgehead atoms. The second-order valence-corrected chi connectivity index (χ2v) is 8.28. The first-order valence-corrected chi connectivity index (χ1v) is 8.30. The number of hydrazine groups is 1. The zero-order chi connectivity index (χ0) is 11.9. The van der Waals surface area contributed by atoms with Gasteiger partial charge in [0.15, 0.2) is 0 Å². The van der Waals surface area contributed by atoms with Crippen LogP contribution < -0.4 is 11.3 Å². The fourth-order valence-electron chi connectivity index (χ4n) is 4.54. The highest BCUT2D eigenvalue weighted by Crippen LogP contribution is 2.51. The van der Waals surface area contributed by atoms with Crippen LogP contribution in [0.1, 0.15) is 51.9 Å². The van der Waals surface area contributed by atoms with Gasteiger partial charge < -0.3 is 0 Å². The second-order valence-electron chi connectivity index (χ2n) is 6.65. The molecule has 0 aromatic rings. The summed E-state index contributed by atoms with van der Waals surface area (Å²) >= 11 is 2.14. The van der Waals surface area contributed by atoms with E-state index in [1.807, 2.05) is 0 Å². The third-order valence-corrected chi connectivity index (χ3v) is 7.25. The van der Waals surface area contributed by atoms with E-state index in [4.69, 9.17) is 5.84 Å². The molecular formula is C14H26N2S. The molecule has 5 unspecified atom stereocenters. The van der Waals surface area contributed by atoms with Gasteiger partial charge in [-0.05, 0) is 69.0 Å². The predicted octanol–water partition coefficient (Wildman–Crippen LogP) is 2.93. The summed E-state index contributed by atoms with van der Waals surface area (Å²) in [5, 5.41) is 0. The number of nitrogens with two attached hydrogens (primary N) is 1. The molecule has 1 saturated heterocycles. The molecule has 5 atom stereocenters. The third kappa shape index (κ3) is 2.26. The van der Waals surface area contributed by atoms with Crippen LogP contribution in [-0.4, -0.2) is 16.5 Å². The van der Waals surface area contributed by atoms with Crippen molar-refractivity contribution in [3.8, 4) is 0 Å². The number of fused-ring (bicyclic) bond motifs is 2. The molecule has 0 spiro atoms. The molecule has 3 rings (SSSR count). The average Bonchev–Trinajstić information content (AvgIpc) is 3.01. The van der Waals surface area contributed by atoms with Crippen molar-refractivity contribution in [2.24, 2.45) is 23.6 Å². The van der Waals surface area contributed by atoms with Crippen molar-refractivity contribution < 1.29 is 0 Å². The molecule has 3 fully saturated rings. The molecule has 1 heterocycles. The van der Waals surface area contributed by atoms with Crippen LogP contribution in [0.5, 0.6) is 0 Å². The van der Waals surface area contributed by atoms with Crippen LogP contribution in [0.4, 0.5) is 0 Å². The van der Waals surface area contributed by atoms with E-state index in [2.05, 4.69) is 24.1 Å². The highest BCUT2D eigenvalue weighted by molar-refractivity contribution is 8.00. The lowest BCUT2D eigenvalue weighted by molar-refractivity contribution is 0.254. The summed E-state index contributed by atoms with van der Waals surface area (Å²) in [6.45, 7) is 2.42. The lowest BCUT2D eigenvalue weighted by Crippen LogP contribution is -2.49. The van der Waals surface area contributed by atoms with Crippen LogP contribution in [0.3, 0.4) is 0 Å². The molecule has 2 saturated carbocycles. The standard InChI is InChI=1S/C14H26N2S/c1-14(5-2-6-17-14)13(16-15)9-12-8-10-3-4-11(12)7-10/h10-13,16H,2-9,15H2,1H3. The Kier molecular flexibility index (Phi) is 3.44. The van der Waals surface area contributed by atoms with Crippen LogP contribution in [0.15, 0.2) is 0 Å². The number of thioether (sulfide) groups is 1. The number of rotatable bonds is 4. The van der Waals surface area contributed by atoms with E-state index < -0.39 is 0 Å². The van der Waals surface area contributed by atoms with E-state index in [-0.39, 0.29) is 0 Å². The van der Waals surface area contributed by atoms with E-state index in [1.54, 1.807) is 0 Å². The van der Waals surface area contributed by atoms with E-state index in [0.717, 1.165) is 17.8 Å². The summed E-state index contributed by atoms with van der Waals surface area (Å²) in [6, 6.07) is 0.527. The molecule has 1 aliphatic heterocycles. The first kappa shape index (κ1) is 12.3. The van der Waals surface area contributed by atoms with Gasteiger partial charge >= 0.3 is 0 Å². The zero-order valence-electron chi connectivity index (χ0n) is 11.0. The Labute approximate surface area is 109 Å². The van der Waals surface area contributed by atoms with Gasteiger partial charge in [-0.1, -0.05) is 6.42 Å². The predicted molar refractivity (Wildman–Crippen MR) is 74.8 cm³/mol. The molecular weight excluding hydrogens is 228 g/mol. The summed E-state index contributed by atoms with van der Waals surface area (Å²) in [6.07, 6.45) is 10.0. The first-order valence-electron chi connectivity index (χ1n) is 7.31. The van der Waals surface area contributed by atoms with Gasteiger partial charge in [0.1, 0.15) is 0 Å². The fourth-order valence-corrected chi connectivity index (χ4v) is 5.95. The van der Waals surface area contributed by atoms with Gasteiger partial charge in [-0.3, -0.25) is 11.3 Å². The Hall–Kier alpha value is 0.270. The Balaban J connectivity index is 1.62. The SMILES string of the molecule is CC1(C(CC2CC3CCC2C3)NN)CCCS1. The quantitative estimate of drug-likeness (QED) is 0.598. The van der Waals surface area contributed by atoms with Gasteiger partial charge in [-0.15, -0.1) is 0 Å². The molecule has 2 nitrogen and oxygen atoms in total. The van der Waals surface area contributed by atoms with E-state index in [0.29, 0.717) is 10.8 Å². The van der Waals surface area contributed by atoms with Gasteiger partial charge in [0.25, 0.3) is 0 Å². The minimum Gasteiger partial charge on any atom is -0.271 e. The molecule has 0 radical (unpaired) electrons. The van der Waals surface area contributed by atoms with E-state index in [1.165, 1.54) is 50.7 Å². The van der Waals surface area contributed by atoms with Crippen molar-refractivity contribution in [3.63, 3.8) is 0 Å². The monoisotopic (exact) mass is 254 g/mol. The fraction of sp³-hybridized carbons (Fsp3) is 1.00. The molecule has 0 aromatic carbocycles. The summed E-state index contributed by atoms with van der Waals surface area (Å²) in [7, 11) is 0. The molecule has 0 aromatic heterocycles. The van der Waals surface area contributed by atoms with Crippen molar-refractivity contribution in [2.75, 3.05) is 5.75 Å². The van der Waals surface area contributed by atoms with Gasteiger partial charge in [0.2, 0.25) is 0 Å². The van der Waals surface area contributed by atoms with Gasteiger partial charge in [0.05, 0.1) is 0 Å². The summed E-state index contributed by atoms with van der Waals surface area (Å²) in [5.41, 5.74) is 3.15. The summed E-state index contributed by atoms with van der Waals surface area (Å²) in [5.74, 6) is 10.2. The van der Waals surface area contributed by atoms with E-state index >= 15 is 0 Å². The summed E-state index contributed by atoms with van der Waals surface area (Å²) in [4.78, 5) is 0. The zero-order valence-corrected chi connectivity index (χ0v) is 11.8. The number of hydrogen-bond donors (Lipinski definition) is 2. The smallest absolute Gasteiger partial charge is 0.0357 e. The topological polar surface area (TPSA) is 38.0 Å². The van der Waals surface area contributed by atoms with Crippen LogP contribution in [0.2, 0.25) is 0 Å². The van der Waals surface area contributed by atoms with Crippen molar-refractivity contribution >= 4 is 11.8 Å². The van der Waals surface area contributed by atoms with Crippen molar-refractivity contribution in [1.29, 1.82) is 0 Å². The lowest BCUT2D eigenvalue weighted by Gasteiger charge is -2.36. The maximum absolute atomic E-state index is 5.85. The lowest BCUT2D eigenvalue weighted by atomic mass is 9.80. The maximum atomic E-state index is 5.85. The molecule has 98 valence electrons. The Morgan fingerprint density at radius 2 is 2.29 bits per heavy atom. The van der Waals surface area contributed by atoms with Crippen LogP contribution >= 0.6 is 11.8 Å². The minimum atomic E-state index is 0.399. The average molecular weight is 254 g/mol. The molecule has 17 heavy (non-hydrogen) atoms. The van der Waals surface area contributed by atoms with Crippen molar-refractivity contribution in [3.05, 3.63) is 0 Å². The molecule has 3 N–H and O–H groups in total. The highest BCUT2D eigenvalue weighted by atomic mass is 32.2. The van der Waals surface area contributed by atoms with Crippen LogP contribution in [-0.2, 0) is 0 Å². The normalized spacial score (nSPS) is 46.6. The third-order valence-electron chi connectivity index (χ3n) is 5.61. The van der Waals surface area contributed by atoms with Gasteiger partial charge in [-0.2, -0.15) is 11.8 Å². The van der Waals surface area contributed by atoms with Crippen molar-refractivity contribution in [2.45, 2.75) is 62.7 Å². The van der Waals surface area contributed by atoms with Crippen LogP contribution in [0, 0.1) is 17.8 Å². The Morgan fingerprint density at radius 1 is 1.41 bits per heavy atom. The van der Waals surface area contributed by atoms with Crippen molar-refractivity contribution in [1.82, 2.24) is 5.43 Å². The largest absolute Gasteiger partial charge is 0.271 e. The number of hydrogen-bond acceptors (Lipinski definition) is 3. The molecule has 0 amide bonds. The maximum Gasteiger partial charge on any atom is 0.0357 e. The molecule has 2 aliphatic carbocycles. The highest BCUT2D eigenvalue weighted by Gasteiger charge is 2.44. The van der Waals surface area contributed by atoms with E-state index in [9.17, 15) is 0 Å². The molecule has 3 heteroatoms. The Morgan fingerprint density at radius 3 is 2.82 bits per heavy atom. The van der Waals surface area contributed by atoms with Crippen LogP contribution in [0.25, 0.3) is 0 Å². The first-order chi connectivity index (χ1) is 8.21.